The molecule has 0 aromatic heterocycles. The summed E-state index contributed by atoms with van der Waals surface area (Å²) in [6.07, 6.45) is 4.24. The van der Waals surface area contributed by atoms with Gasteiger partial charge in [-0.1, -0.05) is 6.08 Å². The normalized spacial score (nSPS) is 17.6. The standard InChI is InChI=1S/C16H16O3/c1-2-3-10-6-14(18)16-13-8-12(17)5-4-11(13)9-19-15(16)7-10/h2,6-7,18H,1,3-5,8-9H2. The number of phenolic OH excluding ortho intramolecular Hbond substituents is 1. The minimum atomic E-state index is 0.205. The van der Waals surface area contributed by atoms with Gasteiger partial charge in [-0.05, 0) is 41.7 Å². The summed E-state index contributed by atoms with van der Waals surface area (Å²) in [7, 11) is 0. The fourth-order valence-electron chi connectivity index (χ4n) is 2.80. The van der Waals surface area contributed by atoms with Crippen LogP contribution in [0.5, 0.6) is 11.5 Å². The molecule has 0 radical (unpaired) electrons. The zero-order valence-corrected chi connectivity index (χ0v) is 10.7. The van der Waals surface area contributed by atoms with Gasteiger partial charge in [-0.2, -0.15) is 0 Å². The van der Waals surface area contributed by atoms with Crippen molar-refractivity contribution in [2.75, 3.05) is 6.61 Å². The molecular formula is C16H16O3. The van der Waals surface area contributed by atoms with Crippen LogP contribution in [0.2, 0.25) is 0 Å². The van der Waals surface area contributed by atoms with E-state index in [1.807, 2.05) is 6.07 Å². The maximum Gasteiger partial charge on any atom is 0.137 e. The molecule has 0 fully saturated rings. The number of hydrogen-bond acceptors (Lipinski definition) is 3. The number of phenols is 1. The first-order valence-corrected chi connectivity index (χ1v) is 6.51. The van der Waals surface area contributed by atoms with Crippen molar-refractivity contribution in [2.24, 2.45) is 0 Å². The molecule has 0 atom stereocenters. The van der Waals surface area contributed by atoms with Gasteiger partial charge < -0.3 is 9.84 Å². The van der Waals surface area contributed by atoms with Crippen LogP contribution in [0.1, 0.15) is 30.4 Å². The van der Waals surface area contributed by atoms with Gasteiger partial charge in [0.2, 0.25) is 0 Å². The van der Waals surface area contributed by atoms with E-state index >= 15 is 0 Å². The van der Waals surface area contributed by atoms with E-state index < -0.39 is 0 Å². The third-order valence-corrected chi connectivity index (χ3v) is 3.73. The Kier molecular flexibility index (Phi) is 2.90. The van der Waals surface area contributed by atoms with Crippen LogP contribution in [0.3, 0.4) is 0 Å². The largest absolute Gasteiger partial charge is 0.507 e. The summed E-state index contributed by atoms with van der Waals surface area (Å²) in [5.41, 5.74) is 3.80. The predicted molar refractivity (Wildman–Crippen MR) is 73.3 cm³/mol. The van der Waals surface area contributed by atoms with Gasteiger partial charge in [0, 0.05) is 12.8 Å². The Balaban J connectivity index is 2.11. The second kappa shape index (κ2) is 4.57. The van der Waals surface area contributed by atoms with E-state index in [1.165, 1.54) is 0 Å². The lowest BCUT2D eigenvalue weighted by Gasteiger charge is -2.28. The van der Waals surface area contributed by atoms with Gasteiger partial charge in [-0.15, -0.1) is 6.58 Å². The molecule has 1 aromatic rings. The third-order valence-electron chi connectivity index (χ3n) is 3.73. The van der Waals surface area contributed by atoms with Crippen molar-refractivity contribution in [3.05, 3.63) is 41.5 Å². The van der Waals surface area contributed by atoms with E-state index in [-0.39, 0.29) is 11.5 Å². The number of benzene rings is 1. The smallest absolute Gasteiger partial charge is 0.137 e. The molecule has 0 saturated heterocycles. The first-order chi connectivity index (χ1) is 9.19. The second-order valence-electron chi connectivity index (χ2n) is 5.07. The van der Waals surface area contributed by atoms with Crippen LogP contribution >= 0.6 is 0 Å². The van der Waals surface area contributed by atoms with E-state index in [2.05, 4.69) is 6.58 Å². The molecule has 3 nitrogen and oxygen atoms in total. The molecular weight excluding hydrogens is 240 g/mol. The first kappa shape index (κ1) is 12.0. The number of carbonyl (C=O) groups is 1. The molecule has 0 spiro atoms. The molecule has 1 aliphatic carbocycles. The first-order valence-electron chi connectivity index (χ1n) is 6.51. The molecule has 0 bridgehead atoms. The monoisotopic (exact) mass is 256 g/mol. The maximum atomic E-state index is 11.6. The number of rotatable bonds is 2. The van der Waals surface area contributed by atoms with E-state index in [1.54, 1.807) is 12.1 Å². The molecule has 2 aliphatic rings. The average Bonchev–Trinajstić information content (AvgIpc) is 2.38. The lowest BCUT2D eigenvalue weighted by Crippen LogP contribution is -2.18. The molecule has 0 unspecified atom stereocenters. The van der Waals surface area contributed by atoms with Crippen LogP contribution < -0.4 is 4.74 Å². The number of hydrogen-bond donors (Lipinski definition) is 1. The SMILES string of the molecule is C=CCc1cc(O)c2c(c1)OCC1=C2CC(=O)CC1. The van der Waals surface area contributed by atoms with Crippen molar-refractivity contribution < 1.29 is 14.6 Å². The molecule has 1 N–H and O–H groups in total. The van der Waals surface area contributed by atoms with E-state index in [0.717, 1.165) is 23.1 Å². The van der Waals surface area contributed by atoms with Crippen molar-refractivity contribution in [1.82, 2.24) is 0 Å². The molecule has 1 heterocycles. The molecule has 0 amide bonds. The summed E-state index contributed by atoms with van der Waals surface area (Å²) in [5, 5.41) is 10.2. The number of Topliss-reactive ketones (excluding diaryl/α,β-unsaturated/α-hetero) is 1. The van der Waals surface area contributed by atoms with Crippen LogP contribution in [0, 0.1) is 0 Å². The molecule has 98 valence electrons. The Morgan fingerprint density at radius 1 is 1.37 bits per heavy atom. The number of ether oxygens (including phenoxy) is 1. The molecule has 3 heteroatoms. The Bertz CT molecular complexity index is 596. The van der Waals surface area contributed by atoms with Crippen molar-refractivity contribution in [3.8, 4) is 11.5 Å². The van der Waals surface area contributed by atoms with Crippen LogP contribution in [-0.4, -0.2) is 17.5 Å². The predicted octanol–water partition coefficient (Wildman–Crippen LogP) is 3.02. The number of aromatic hydroxyl groups is 1. The lowest BCUT2D eigenvalue weighted by atomic mass is 9.84. The minimum Gasteiger partial charge on any atom is -0.507 e. The Hall–Kier alpha value is -2.03. The van der Waals surface area contributed by atoms with Crippen molar-refractivity contribution in [1.29, 1.82) is 0 Å². The third kappa shape index (κ3) is 2.05. The highest BCUT2D eigenvalue weighted by molar-refractivity contribution is 5.96. The van der Waals surface area contributed by atoms with E-state index in [9.17, 15) is 9.90 Å². The fraction of sp³-hybridized carbons (Fsp3) is 0.312. The molecule has 19 heavy (non-hydrogen) atoms. The molecule has 1 aromatic carbocycles. The van der Waals surface area contributed by atoms with E-state index in [4.69, 9.17) is 4.74 Å². The Morgan fingerprint density at radius 2 is 2.21 bits per heavy atom. The number of fused-ring (bicyclic) bond motifs is 2. The van der Waals surface area contributed by atoms with Gasteiger partial charge in [0.1, 0.15) is 23.9 Å². The second-order valence-corrected chi connectivity index (χ2v) is 5.07. The Labute approximate surface area is 112 Å². The van der Waals surface area contributed by atoms with Crippen LogP contribution in [-0.2, 0) is 11.2 Å². The van der Waals surface area contributed by atoms with Gasteiger partial charge in [0.25, 0.3) is 0 Å². The van der Waals surface area contributed by atoms with Crippen LogP contribution in [0.25, 0.3) is 5.57 Å². The molecule has 0 saturated carbocycles. The van der Waals surface area contributed by atoms with Crippen LogP contribution in [0.4, 0.5) is 0 Å². The van der Waals surface area contributed by atoms with Gasteiger partial charge in [-0.3, -0.25) is 4.79 Å². The van der Waals surface area contributed by atoms with Gasteiger partial charge in [0.15, 0.2) is 0 Å². The Morgan fingerprint density at radius 3 is 3.00 bits per heavy atom. The van der Waals surface area contributed by atoms with Crippen molar-refractivity contribution in [3.63, 3.8) is 0 Å². The summed E-state index contributed by atoms with van der Waals surface area (Å²) in [5.74, 6) is 1.13. The van der Waals surface area contributed by atoms with Crippen molar-refractivity contribution >= 4 is 11.4 Å². The zero-order chi connectivity index (χ0) is 13.4. The van der Waals surface area contributed by atoms with Crippen molar-refractivity contribution in [2.45, 2.75) is 25.7 Å². The highest BCUT2D eigenvalue weighted by Crippen LogP contribution is 2.44. The summed E-state index contributed by atoms with van der Waals surface area (Å²) >= 11 is 0. The highest BCUT2D eigenvalue weighted by atomic mass is 16.5. The number of allylic oxidation sites excluding steroid dienone is 2. The minimum absolute atomic E-state index is 0.205. The van der Waals surface area contributed by atoms with Gasteiger partial charge >= 0.3 is 0 Å². The van der Waals surface area contributed by atoms with E-state index in [0.29, 0.717) is 37.2 Å². The zero-order valence-electron chi connectivity index (χ0n) is 10.7. The summed E-state index contributed by atoms with van der Waals surface area (Å²) < 4.78 is 5.73. The molecule has 1 aliphatic heterocycles. The number of ketones is 1. The van der Waals surface area contributed by atoms with Gasteiger partial charge in [0.05, 0.1) is 5.56 Å². The maximum absolute atomic E-state index is 11.6. The molecule has 3 rings (SSSR count). The summed E-state index contributed by atoms with van der Waals surface area (Å²) in [4.78, 5) is 11.6. The number of carbonyl (C=O) groups excluding carboxylic acids is 1. The highest BCUT2D eigenvalue weighted by Gasteiger charge is 2.28. The van der Waals surface area contributed by atoms with Gasteiger partial charge in [-0.25, -0.2) is 0 Å². The quantitative estimate of drug-likeness (QED) is 0.827. The fourth-order valence-corrected chi connectivity index (χ4v) is 2.80. The van der Waals surface area contributed by atoms with Crippen LogP contribution in [0.15, 0.2) is 30.4 Å². The summed E-state index contributed by atoms with van der Waals surface area (Å²) in [6.45, 7) is 4.23. The lowest BCUT2D eigenvalue weighted by molar-refractivity contribution is -0.118. The topological polar surface area (TPSA) is 46.5 Å². The summed E-state index contributed by atoms with van der Waals surface area (Å²) in [6, 6.07) is 3.67. The average molecular weight is 256 g/mol.